The van der Waals surface area contributed by atoms with Crippen molar-refractivity contribution in [2.75, 3.05) is 0 Å². The Kier molecular flexibility index (Phi) is 3.77. The molecule has 0 saturated heterocycles. The van der Waals surface area contributed by atoms with E-state index in [-0.39, 0.29) is 0 Å². The zero-order chi connectivity index (χ0) is 11.5. The van der Waals surface area contributed by atoms with Gasteiger partial charge in [-0.2, -0.15) is 0 Å². The number of hydrogen-bond donors (Lipinski definition) is 0. The van der Waals surface area contributed by atoms with Gasteiger partial charge in [-0.05, 0) is 38.7 Å². The smallest absolute Gasteiger partial charge is 0.116 e. The maximum absolute atomic E-state index is 12.7. The summed E-state index contributed by atoms with van der Waals surface area (Å²) >= 11 is 6.95. The van der Waals surface area contributed by atoms with Gasteiger partial charge < -0.3 is 0 Å². The highest BCUT2D eigenvalue weighted by Gasteiger charge is 2.09. The molecule has 0 unspecified atom stereocenters. The maximum Gasteiger partial charge on any atom is 0.116 e. The maximum atomic E-state index is 12.7. The average molecular weight is 344 g/mol. The summed E-state index contributed by atoms with van der Waals surface area (Å²) in [6, 6.07) is 13.5. The minimum absolute atomic E-state index is 0.459. The van der Waals surface area contributed by atoms with Crippen molar-refractivity contribution >= 4 is 31.9 Å². The lowest BCUT2D eigenvalue weighted by atomic mass is 10.0. The van der Waals surface area contributed by atoms with Crippen molar-refractivity contribution in [3.63, 3.8) is 0 Å². The van der Waals surface area contributed by atoms with Crippen molar-refractivity contribution in [3.05, 3.63) is 57.0 Å². The molecule has 3 heteroatoms. The Hall–Kier alpha value is -0.670. The summed E-state index contributed by atoms with van der Waals surface area (Å²) in [6.45, 7) is -0.459. The van der Waals surface area contributed by atoms with Crippen LogP contribution in [0.2, 0.25) is 0 Å². The van der Waals surface area contributed by atoms with E-state index in [1.54, 1.807) is 6.07 Å². The van der Waals surface area contributed by atoms with Crippen LogP contribution >= 0.6 is 31.9 Å². The molecule has 2 rings (SSSR count). The fourth-order valence-corrected chi connectivity index (χ4v) is 2.65. The summed E-state index contributed by atoms with van der Waals surface area (Å²) in [5, 5.41) is 0. The summed E-state index contributed by atoms with van der Waals surface area (Å²) < 4.78 is 14.6. The Morgan fingerprint density at radius 1 is 0.875 bits per heavy atom. The van der Waals surface area contributed by atoms with Gasteiger partial charge >= 0.3 is 0 Å². The molecule has 0 heterocycles. The monoisotopic (exact) mass is 342 g/mol. The van der Waals surface area contributed by atoms with Gasteiger partial charge in [0.05, 0.1) is 0 Å². The summed E-state index contributed by atoms with van der Waals surface area (Å²) in [5.41, 5.74) is 2.74. The minimum atomic E-state index is -0.459. The zero-order valence-corrected chi connectivity index (χ0v) is 11.6. The van der Waals surface area contributed by atoms with Crippen molar-refractivity contribution in [3.8, 4) is 11.1 Å². The normalized spacial score (nSPS) is 10.4. The lowest BCUT2D eigenvalue weighted by Crippen LogP contribution is -1.87. The van der Waals surface area contributed by atoms with Crippen molar-refractivity contribution < 1.29 is 4.39 Å². The van der Waals surface area contributed by atoms with E-state index in [4.69, 9.17) is 0 Å². The van der Waals surface area contributed by atoms with Gasteiger partial charge in [-0.1, -0.05) is 52.3 Å². The number of halogens is 3. The third-order valence-corrected chi connectivity index (χ3v) is 4.01. The molecule has 82 valence electrons. The Morgan fingerprint density at radius 2 is 1.56 bits per heavy atom. The quantitative estimate of drug-likeness (QED) is 0.689. The van der Waals surface area contributed by atoms with Crippen molar-refractivity contribution in [2.45, 2.75) is 6.67 Å². The molecule has 2 aromatic rings. The van der Waals surface area contributed by atoms with E-state index in [1.165, 1.54) is 0 Å². The summed E-state index contributed by atoms with van der Waals surface area (Å²) in [5.74, 6) is 0. The van der Waals surface area contributed by atoms with Crippen LogP contribution in [0.1, 0.15) is 5.56 Å². The van der Waals surface area contributed by atoms with Crippen LogP contribution in [-0.2, 0) is 6.67 Å². The van der Waals surface area contributed by atoms with Gasteiger partial charge in [0.1, 0.15) is 6.67 Å². The standard InChI is InChI=1S/C13H9Br2F/c14-12-7-2-1-5-10(12)11-6-3-4-9(8-16)13(11)15/h1-7H,8H2. The number of alkyl halides is 1. The second-order valence-electron chi connectivity index (χ2n) is 3.39. The van der Waals surface area contributed by atoms with Gasteiger partial charge in [0.25, 0.3) is 0 Å². The minimum Gasteiger partial charge on any atom is -0.246 e. The molecule has 0 spiro atoms. The van der Waals surface area contributed by atoms with Gasteiger partial charge in [-0.15, -0.1) is 0 Å². The first kappa shape index (κ1) is 11.8. The highest BCUT2D eigenvalue weighted by atomic mass is 79.9. The molecule has 0 saturated carbocycles. The molecule has 0 radical (unpaired) electrons. The molecule has 0 aliphatic heterocycles. The highest BCUT2D eigenvalue weighted by Crippen LogP contribution is 2.35. The van der Waals surface area contributed by atoms with Gasteiger partial charge in [0, 0.05) is 8.95 Å². The summed E-state index contributed by atoms with van der Waals surface area (Å²) in [4.78, 5) is 0. The molecule has 0 aliphatic rings. The van der Waals surface area contributed by atoms with E-state index >= 15 is 0 Å². The first-order chi connectivity index (χ1) is 7.74. The fraction of sp³-hybridized carbons (Fsp3) is 0.0769. The van der Waals surface area contributed by atoms with E-state index in [0.717, 1.165) is 20.1 Å². The number of benzene rings is 2. The van der Waals surface area contributed by atoms with Gasteiger partial charge in [-0.25, -0.2) is 4.39 Å². The Morgan fingerprint density at radius 3 is 2.25 bits per heavy atom. The molecule has 0 aromatic heterocycles. The first-order valence-electron chi connectivity index (χ1n) is 4.82. The largest absolute Gasteiger partial charge is 0.246 e. The average Bonchev–Trinajstić information content (AvgIpc) is 2.31. The highest BCUT2D eigenvalue weighted by molar-refractivity contribution is 9.11. The molecule has 0 nitrogen and oxygen atoms in total. The van der Waals surface area contributed by atoms with E-state index in [2.05, 4.69) is 31.9 Å². The van der Waals surface area contributed by atoms with E-state index < -0.39 is 6.67 Å². The van der Waals surface area contributed by atoms with Gasteiger partial charge in [-0.3, -0.25) is 0 Å². The van der Waals surface area contributed by atoms with Crippen LogP contribution in [-0.4, -0.2) is 0 Å². The van der Waals surface area contributed by atoms with Gasteiger partial charge in [0.15, 0.2) is 0 Å². The lowest BCUT2D eigenvalue weighted by molar-refractivity contribution is 0.484. The SMILES string of the molecule is FCc1cccc(-c2ccccc2Br)c1Br. The molecule has 2 aromatic carbocycles. The predicted molar refractivity (Wildman–Crippen MR) is 72.1 cm³/mol. The molecule has 0 aliphatic carbocycles. The van der Waals surface area contributed by atoms with Crippen LogP contribution in [0.3, 0.4) is 0 Å². The molecule has 0 amide bonds. The third-order valence-electron chi connectivity index (χ3n) is 2.39. The Balaban J connectivity index is 2.61. The van der Waals surface area contributed by atoms with Crippen molar-refractivity contribution in [1.29, 1.82) is 0 Å². The van der Waals surface area contributed by atoms with Crippen LogP contribution in [0.15, 0.2) is 51.4 Å². The van der Waals surface area contributed by atoms with Crippen LogP contribution in [0.4, 0.5) is 4.39 Å². The van der Waals surface area contributed by atoms with Crippen LogP contribution in [0.25, 0.3) is 11.1 Å². The molecule has 0 atom stereocenters. The molecular formula is C13H9Br2F. The van der Waals surface area contributed by atoms with E-state index in [1.807, 2.05) is 36.4 Å². The molecule has 16 heavy (non-hydrogen) atoms. The zero-order valence-electron chi connectivity index (χ0n) is 8.38. The van der Waals surface area contributed by atoms with E-state index in [0.29, 0.717) is 5.56 Å². The number of hydrogen-bond acceptors (Lipinski definition) is 0. The Labute approximate surface area is 111 Å². The van der Waals surface area contributed by atoms with Crippen LogP contribution in [0.5, 0.6) is 0 Å². The van der Waals surface area contributed by atoms with E-state index in [9.17, 15) is 4.39 Å². The van der Waals surface area contributed by atoms with Crippen LogP contribution < -0.4 is 0 Å². The van der Waals surface area contributed by atoms with Crippen molar-refractivity contribution in [2.24, 2.45) is 0 Å². The molecular weight excluding hydrogens is 335 g/mol. The topological polar surface area (TPSA) is 0 Å². The molecule has 0 N–H and O–H groups in total. The fourth-order valence-electron chi connectivity index (χ4n) is 1.57. The molecule has 0 bridgehead atoms. The lowest BCUT2D eigenvalue weighted by Gasteiger charge is -2.09. The van der Waals surface area contributed by atoms with Gasteiger partial charge in [0.2, 0.25) is 0 Å². The Bertz CT molecular complexity index is 509. The summed E-state index contributed by atoms with van der Waals surface area (Å²) in [6.07, 6.45) is 0. The first-order valence-corrected chi connectivity index (χ1v) is 6.41. The van der Waals surface area contributed by atoms with Crippen LogP contribution in [0, 0.1) is 0 Å². The summed E-state index contributed by atoms with van der Waals surface area (Å²) in [7, 11) is 0. The number of rotatable bonds is 2. The molecule has 0 fully saturated rings. The second kappa shape index (κ2) is 5.11. The van der Waals surface area contributed by atoms with Crippen molar-refractivity contribution in [1.82, 2.24) is 0 Å². The second-order valence-corrected chi connectivity index (χ2v) is 5.04. The third kappa shape index (κ3) is 2.20. The predicted octanol–water partition coefficient (Wildman–Crippen LogP) is 5.35.